The van der Waals surface area contributed by atoms with E-state index in [1.807, 2.05) is 59.7 Å². The number of carbonyl (C=O) groups excluding carboxylic acids is 3. The zero-order valence-electron chi connectivity index (χ0n) is 23.7. The van der Waals surface area contributed by atoms with E-state index in [0.29, 0.717) is 23.1 Å². The van der Waals surface area contributed by atoms with Crippen molar-refractivity contribution in [1.82, 2.24) is 10.4 Å². The molecule has 0 saturated heterocycles. The van der Waals surface area contributed by atoms with Gasteiger partial charge in [0, 0.05) is 22.3 Å². The number of hydrazine groups is 1. The molecule has 0 spiro atoms. The number of benzene rings is 3. The summed E-state index contributed by atoms with van der Waals surface area (Å²) < 4.78 is 0. The van der Waals surface area contributed by atoms with Crippen LogP contribution in [-0.2, 0) is 4.84 Å². The molecule has 0 unspecified atom stereocenters. The van der Waals surface area contributed by atoms with E-state index in [1.165, 1.54) is 17.1 Å². The highest BCUT2D eigenvalue weighted by Gasteiger charge is 2.38. The van der Waals surface area contributed by atoms with Crippen molar-refractivity contribution in [2.45, 2.75) is 54.0 Å². The van der Waals surface area contributed by atoms with Gasteiger partial charge in [0.05, 0.1) is 11.7 Å². The molecule has 40 heavy (non-hydrogen) atoms. The molecule has 0 fully saturated rings. The molecule has 3 amide bonds. The topological polar surface area (TPSA) is 111 Å². The molecule has 3 aromatic carbocycles. The minimum atomic E-state index is -1.36. The molecule has 0 saturated carbocycles. The van der Waals surface area contributed by atoms with Crippen molar-refractivity contribution in [3.05, 3.63) is 89.0 Å². The zero-order valence-corrected chi connectivity index (χ0v) is 23.7. The van der Waals surface area contributed by atoms with Gasteiger partial charge in [0.1, 0.15) is 0 Å². The maximum absolute atomic E-state index is 13.8. The molecule has 0 aliphatic carbocycles. The molecule has 1 aliphatic heterocycles. The number of amides is 3. The molecule has 3 aromatic rings. The third kappa shape index (κ3) is 5.97. The van der Waals surface area contributed by atoms with Crippen LogP contribution in [0.1, 0.15) is 66.0 Å². The molecule has 1 aliphatic rings. The Balaban J connectivity index is 1.66. The van der Waals surface area contributed by atoms with Crippen molar-refractivity contribution in [2.75, 3.05) is 10.3 Å². The summed E-state index contributed by atoms with van der Waals surface area (Å²) in [6.07, 6.45) is -0.189. The predicted molar refractivity (Wildman–Crippen MR) is 156 cm³/mol. The Morgan fingerprint density at radius 1 is 1.02 bits per heavy atom. The zero-order chi connectivity index (χ0) is 29.2. The first-order valence-corrected chi connectivity index (χ1v) is 13.3. The van der Waals surface area contributed by atoms with Crippen molar-refractivity contribution in [1.29, 1.82) is 0 Å². The van der Waals surface area contributed by atoms with Gasteiger partial charge in [0.2, 0.25) is 0 Å². The van der Waals surface area contributed by atoms with E-state index in [1.54, 1.807) is 36.4 Å². The first-order valence-electron chi connectivity index (χ1n) is 13.3. The van der Waals surface area contributed by atoms with Crippen LogP contribution in [-0.4, -0.2) is 41.0 Å². The van der Waals surface area contributed by atoms with Gasteiger partial charge >= 0.3 is 13.1 Å². The summed E-state index contributed by atoms with van der Waals surface area (Å²) in [6, 6.07) is 18.5. The molecule has 0 radical (unpaired) electrons. The summed E-state index contributed by atoms with van der Waals surface area (Å²) >= 11 is 0. The SMILES string of the molecule is CC[C@@H](N(NC(=O)c1ccc2c(c1)NOC(=O)N(c1ccccc1)B2O)C(=O)c1cc(C)cc(C)c1)C(C)(C)C. The summed E-state index contributed by atoms with van der Waals surface area (Å²) in [4.78, 5) is 46.3. The van der Waals surface area contributed by atoms with Gasteiger partial charge in [-0.3, -0.25) is 19.8 Å². The first kappa shape index (κ1) is 28.7. The minimum Gasteiger partial charge on any atom is -0.428 e. The third-order valence-electron chi connectivity index (χ3n) is 6.93. The Hall–Kier alpha value is -4.31. The highest BCUT2D eigenvalue weighted by atomic mass is 16.7. The number of carbonyl (C=O) groups is 3. The molecule has 0 bridgehead atoms. The van der Waals surface area contributed by atoms with Gasteiger partial charge < -0.3 is 9.86 Å². The monoisotopic (exact) mass is 542 g/mol. The van der Waals surface area contributed by atoms with E-state index in [0.717, 1.165) is 15.9 Å². The lowest BCUT2D eigenvalue weighted by Gasteiger charge is -2.39. The Morgan fingerprint density at radius 2 is 1.68 bits per heavy atom. The molecule has 208 valence electrons. The average Bonchev–Trinajstić information content (AvgIpc) is 3.02. The van der Waals surface area contributed by atoms with Gasteiger partial charge in [-0.05, 0) is 62.1 Å². The summed E-state index contributed by atoms with van der Waals surface area (Å²) in [6.45, 7) is 11.9. The maximum atomic E-state index is 13.8. The van der Waals surface area contributed by atoms with Crippen LogP contribution in [0.2, 0.25) is 0 Å². The number of rotatable bonds is 5. The molecule has 1 atom stereocenters. The van der Waals surface area contributed by atoms with Crippen LogP contribution in [0.25, 0.3) is 0 Å². The van der Waals surface area contributed by atoms with Crippen LogP contribution in [0.15, 0.2) is 66.7 Å². The lowest BCUT2D eigenvalue weighted by molar-refractivity contribution is 0.0285. The van der Waals surface area contributed by atoms with Gasteiger partial charge in [-0.25, -0.2) is 15.3 Å². The van der Waals surface area contributed by atoms with Gasteiger partial charge in [0.25, 0.3) is 11.8 Å². The summed E-state index contributed by atoms with van der Waals surface area (Å²) in [5.74, 6) is -0.826. The summed E-state index contributed by atoms with van der Waals surface area (Å²) in [5, 5.41) is 12.5. The van der Waals surface area contributed by atoms with Crippen LogP contribution in [0.3, 0.4) is 0 Å². The normalized spacial score (nSPS) is 13.9. The Bertz CT molecular complexity index is 1400. The van der Waals surface area contributed by atoms with Crippen LogP contribution in [0.5, 0.6) is 0 Å². The number of fused-ring (bicyclic) bond motifs is 1. The second-order valence-electron chi connectivity index (χ2n) is 11.1. The fourth-order valence-electron chi connectivity index (χ4n) is 5.10. The van der Waals surface area contributed by atoms with Gasteiger partial charge in [-0.2, -0.15) is 0 Å². The number of para-hydroxylation sites is 1. The standard InChI is InChI=1S/C30H35BN4O5/c1-7-26(30(4,5)6)35(28(37)22-16-19(2)15-20(3)17-22)32-27(36)21-13-14-24-25(18-21)33-40-29(38)34(31(24)39)23-11-9-8-10-12-23/h8-18,26,33,39H,7H2,1-6H3,(H,32,36)/t26-/m1/s1. The molecular formula is C30H35BN4O5. The van der Waals surface area contributed by atoms with E-state index in [9.17, 15) is 19.4 Å². The number of nitrogens with zero attached hydrogens (tertiary/aromatic N) is 2. The lowest BCUT2D eigenvalue weighted by Crippen LogP contribution is -2.56. The predicted octanol–water partition coefficient (Wildman–Crippen LogP) is 4.59. The molecule has 9 nitrogen and oxygen atoms in total. The van der Waals surface area contributed by atoms with Gasteiger partial charge in [-0.1, -0.05) is 69.2 Å². The highest BCUT2D eigenvalue weighted by Crippen LogP contribution is 2.28. The van der Waals surface area contributed by atoms with E-state index in [2.05, 4.69) is 10.9 Å². The summed E-state index contributed by atoms with van der Waals surface area (Å²) in [7, 11) is -1.36. The second kappa shape index (κ2) is 11.4. The van der Waals surface area contributed by atoms with E-state index >= 15 is 0 Å². The molecule has 4 rings (SSSR count). The molecule has 1 heterocycles. The third-order valence-corrected chi connectivity index (χ3v) is 6.93. The van der Waals surface area contributed by atoms with Crippen LogP contribution in [0.4, 0.5) is 16.2 Å². The number of hydrogen-bond acceptors (Lipinski definition) is 6. The number of hydrogen-bond donors (Lipinski definition) is 3. The van der Waals surface area contributed by atoms with Crippen LogP contribution < -0.4 is 21.2 Å². The Kier molecular flexibility index (Phi) is 8.20. The smallest absolute Gasteiger partial charge is 0.428 e. The number of aryl methyl sites for hydroxylation is 2. The molecule has 3 N–H and O–H groups in total. The lowest BCUT2D eigenvalue weighted by atomic mass is 9.70. The van der Waals surface area contributed by atoms with E-state index in [4.69, 9.17) is 4.84 Å². The Labute approximate surface area is 235 Å². The van der Waals surface area contributed by atoms with Gasteiger partial charge in [-0.15, -0.1) is 0 Å². The maximum Gasteiger partial charge on any atom is 0.461 e. The average molecular weight is 542 g/mol. The van der Waals surface area contributed by atoms with Crippen LogP contribution >= 0.6 is 0 Å². The van der Waals surface area contributed by atoms with Crippen molar-refractivity contribution in [3.8, 4) is 0 Å². The van der Waals surface area contributed by atoms with Crippen LogP contribution in [0, 0.1) is 19.3 Å². The largest absolute Gasteiger partial charge is 0.461 e. The Morgan fingerprint density at radius 3 is 2.27 bits per heavy atom. The second-order valence-corrected chi connectivity index (χ2v) is 11.1. The quantitative estimate of drug-likeness (QED) is 0.322. The van der Waals surface area contributed by atoms with Gasteiger partial charge in [0.15, 0.2) is 0 Å². The number of anilines is 2. The molecule has 10 heteroatoms. The van der Waals surface area contributed by atoms with E-state index in [-0.39, 0.29) is 28.6 Å². The fraction of sp³-hybridized carbons (Fsp3) is 0.300. The summed E-state index contributed by atoms with van der Waals surface area (Å²) in [5.41, 5.74) is 8.72. The molecular weight excluding hydrogens is 507 g/mol. The van der Waals surface area contributed by atoms with Crippen molar-refractivity contribution in [2.24, 2.45) is 5.41 Å². The van der Waals surface area contributed by atoms with Crippen molar-refractivity contribution in [3.63, 3.8) is 0 Å². The van der Waals surface area contributed by atoms with Crippen molar-refractivity contribution >= 4 is 41.8 Å². The van der Waals surface area contributed by atoms with E-state index < -0.39 is 19.1 Å². The molecule has 0 aromatic heterocycles. The fourth-order valence-corrected chi connectivity index (χ4v) is 5.10. The number of nitrogens with one attached hydrogen (secondary N) is 2. The van der Waals surface area contributed by atoms with Crippen molar-refractivity contribution < 1.29 is 24.2 Å². The minimum absolute atomic E-state index is 0.213. The first-order chi connectivity index (χ1) is 18.9. The highest BCUT2D eigenvalue weighted by molar-refractivity contribution is 6.75.